The van der Waals surface area contributed by atoms with E-state index in [2.05, 4.69) is 18.4 Å². The lowest BCUT2D eigenvalue weighted by Crippen LogP contribution is -2.22. The fourth-order valence-electron chi connectivity index (χ4n) is 1.60. The molecule has 0 N–H and O–H groups in total. The van der Waals surface area contributed by atoms with Crippen molar-refractivity contribution in [1.29, 1.82) is 0 Å². The molecular weight excluding hydrogens is 200 g/mol. The Hall–Kier alpha value is -0.780. The number of hydrogen-bond acceptors (Lipinski definition) is 2. The average Bonchev–Trinajstić information content (AvgIpc) is 2.34. The Kier molecular flexibility index (Phi) is 7.84. The first-order valence-electron chi connectivity index (χ1n) is 6.23. The lowest BCUT2D eigenvalue weighted by Gasteiger charge is -2.22. The maximum Gasteiger partial charge on any atom is 0.157 e. The number of unbranched alkanes of at least 4 members (excludes halogenated alkanes) is 2. The molecule has 2 heteroatoms. The van der Waals surface area contributed by atoms with Gasteiger partial charge in [0, 0.05) is 19.4 Å². The van der Waals surface area contributed by atoms with Gasteiger partial charge in [-0.25, -0.2) is 0 Å². The first kappa shape index (κ1) is 13.3. The van der Waals surface area contributed by atoms with Gasteiger partial charge in [0.1, 0.15) is 0 Å². The fraction of sp³-hybridized carbons (Fsp3) is 0.714. The second kappa shape index (κ2) is 9.45. The topological polar surface area (TPSA) is 18.5 Å². The van der Waals surface area contributed by atoms with Gasteiger partial charge in [0.25, 0.3) is 0 Å². The molecule has 2 nitrogen and oxygen atoms in total. The third-order valence-corrected chi connectivity index (χ3v) is 2.50. The number of rotatable bonds is 6. The molecule has 1 aliphatic rings. The summed E-state index contributed by atoms with van der Waals surface area (Å²) < 4.78 is 11.0. The first-order chi connectivity index (χ1) is 7.93. The summed E-state index contributed by atoms with van der Waals surface area (Å²) >= 11 is 0. The van der Waals surface area contributed by atoms with E-state index in [-0.39, 0.29) is 6.29 Å². The predicted octanol–water partition coefficient (Wildman–Crippen LogP) is 3.28. The molecule has 1 fully saturated rings. The number of allylic oxidation sites excluding steroid dienone is 1. The van der Waals surface area contributed by atoms with Crippen LogP contribution in [0.5, 0.6) is 0 Å². The summed E-state index contributed by atoms with van der Waals surface area (Å²) in [7, 11) is 0. The van der Waals surface area contributed by atoms with Gasteiger partial charge in [-0.2, -0.15) is 0 Å². The number of hydrogen-bond donors (Lipinski definition) is 0. The van der Waals surface area contributed by atoms with Crippen molar-refractivity contribution in [2.24, 2.45) is 0 Å². The summed E-state index contributed by atoms with van der Waals surface area (Å²) in [4.78, 5) is 0. The minimum Gasteiger partial charge on any atom is -0.353 e. The van der Waals surface area contributed by atoms with Gasteiger partial charge < -0.3 is 9.47 Å². The summed E-state index contributed by atoms with van der Waals surface area (Å²) in [6, 6.07) is 0. The molecule has 0 aromatic rings. The molecule has 0 aromatic heterocycles. The van der Waals surface area contributed by atoms with Crippen molar-refractivity contribution in [3.05, 3.63) is 12.7 Å². The Morgan fingerprint density at radius 3 is 2.94 bits per heavy atom. The lowest BCUT2D eigenvalue weighted by molar-refractivity contribution is -0.161. The van der Waals surface area contributed by atoms with Crippen molar-refractivity contribution >= 4 is 0 Å². The molecular formula is C14H22O2. The molecule has 0 radical (unpaired) electrons. The van der Waals surface area contributed by atoms with Crippen molar-refractivity contribution in [2.75, 3.05) is 13.2 Å². The third-order valence-electron chi connectivity index (χ3n) is 2.50. The van der Waals surface area contributed by atoms with Crippen LogP contribution in [0.2, 0.25) is 0 Å². The molecule has 1 unspecified atom stereocenters. The van der Waals surface area contributed by atoms with Crippen molar-refractivity contribution in [1.82, 2.24) is 0 Å². The fourth-order valence-corrected chi connectivity index (χ4v) is 1.60. The molecule has 90 valence electrons. The average molecular weight is 222 g/mol. The second-order valence-corrected chi connectivity index (χ2v) is 3.95. The van der Waals surface area contributed by atoms with Crippen molar-refractivity contribution in [2.45, 2.75) is 51.2 Å². The van der Waals surface area contributed by atoms with Crippen LogP contribution in [0.1, 0.15) is 44.9 Å². The third kappa shape index (κ3) is 6.66. The molecule has 0 spiro atoms. The van der Waals surface area contributed by atoms with E-state index in [9.17, 15) is 0 Å². The Bertz CT molecular complexity index is 231. The highest BCUT2D eigenvalue weighted by molar-refractivity contribution is 4.98. The normalized spacial score (nSPS) is 19.9. The summed E-state index contributed by atoms with van der Waals surface area (Å²) in [6.07, 6.45) is 9.33. The van der Waals surface area contributed by atoms with Crippen LogP contribution < -0.4 is 0 Å². The van der Waals surface area contributed by atoms with Crippen LogP contribution in [0.4, 0.5) is 0 Å². The van der Waals surface area contributed by atoms with Gasteiger partial charge in [-0.05, 0) is 32.1 Å². The van der Waals surface area contributed by atoms with Crippen LogP contribution in [0.15, 0.2) is 12.7 Å². The van der Waals surface area contributed by atoms with Crippen molar-refractivity contribution < 1.29 is 9.47 Å². The molecule has 1 saturated heterocycles. The van der Waals surface area contributed by atoms with Crippen LogP contribution in [0.25, 0.3) is 0 Å². The van der Waals surface area contributed by atoms with Crippen LogP contribution in [0.3, 0.4) is 0 Å². The van der Waals surface area contributed by atoms with E-state index in [4.69, 9.17) is 9.47 Å². The smallest absolute Gasteiger partial charge is 0.157 e. The molecule has 0 aromatic carbocycles. The summed E-state index contributed by atoms with van der Waals surface area (Å²) in [5, 5.41) is 0. The van der Waals surface area contributed by atoms with Gasteiger partial charge in [0.2, 0.25) is 0 Å². The van der Waals surface area contributed by atoms with E-state index in [0.717, 1.165) is 38.7 Å². The minimum absolute atomic E-state index is 0.0244. The molecule has 1 rings (SSSR count). The van der Waals surface area contributed by atoms with E-state index in [0.29, 0.717) is 6.61 Å². The maximum atomic E-state index is 5.57. The quantitative estimate of drug-likeness (QED) is 0.390. The first-order valence-corrected chi connectivity index (χ1v) is 6.23. The second-order valence-electron chi connectivity index (χ2n) is 3.95. The van der Waals surface area contributed by atoms with E-state index in [1.54, 1.807) is 0 Å². The standard InChI is InChI=1S/C14H22O2/c1-2-3-4-5-6-7-9-12-15-14-11-8-10-13-16-14/h2,14H,1,3-5,8-13H2. The molecule has 1 aliphatic heterocycles. The molecule has 0 amide bonds. The van der Waals surface area contributed by atoms with Gasteiger partial charge in [0.15, 0.2) is 6.29 Å². The summed E-state index contributed by atoms with van der Waals surface area (Å²) in [5.41, 5.74) is 0. The van der Waals surface area contributed by atoms with Crippen molar-refractivity contribution in [3.63, 3.8) is 0 Å². The monoisotopic (exact) mass is 222 g/mol. The summed E-state index contributed by atoms with van der Waals surface area (Å²) in [5.74, 6) is 6.26. The van der Waals surface area contributed by atoms with Gasteiger partial charge in [-0.1, -0.05) is 6.08 Å². The lowest BCUT2D eigenvalue weighted by atomic mass is 10.2. The van der Waals surface area contributed by atoms with Crippen LogP contribution in [0, 0.1) is 11.8 Å². The largest absolute Gasteiger partial charge is 0.353 e. The van der Waals surface area contributed by atoms with Crippen LogP contribution >= 0.6 is 0 Å². The maximum absolute atomic E-state index is 5.57. The molecule has 1 atom stereocenters. The van der Waals surface area contributed by atoms with E-state index in [1.807, 2.05) is 6.08 Å². The van der Waals surface area contributed by atoms with Gasteiger partial charge in [-0.15, -0.1) is 18.4 Å². The van der Waals surface area contributed by atoms with Crippen molar-refractivity contribution in [3.8, 4) is 11.8 Å². The highest BCUT2D eigenvalue weighted by atomic mass is 16.7. The van der Waals surface area contributed by atoms with E-state index >= 15 is 0 Å². The highest BCUT2D eigenvalue weighted by Crippen LogP contribution is 2.13. The zero-order valence-electron chi connectivity index (χ0n) is 10.0. The zero-order chi connectivity index (χ0) is 11.5. The molecule has 1 heterocycles. The molecule has 0 bridgehead atoms. The molecule has 16 heavy (non-hydrogen) atoms. The summed E-state index contributed by atoms with van der Waals surface area (Å²) in [6.45, 7) is 5.22. The highest BCUT2D eigenvalue weighted by Gasteiger charge is 2.12. The van der Waals surface area contributed by atoms with Gasteiger partial charge >= 0.3 is 0 Å². The Morgan fingerprint density at radius 2 is 2.19 bits per heavy atom. The van der Waals surface area contributed by atoms with Gasteiger partial charge in [-0.3, -0.25) is 0 Å². The zero-order valence-corrected chi connectivity index (χ0v) is 10.0. The van der Waals surface area contributed by atoms with E-state index in [1.165, 1.54) is 12.8 Å². The Morgan fingerprint density at radius 1 is 1.31 bits per heavy atom. The Balaban J connectivity index is 1.91. The molecule has 0 saturated carbocycles. The molecule has 0 aliphatic carbocycles. The minimum atomic E-state index is 0.0244. The Labute approximate surface area is 99.0 Å². The van der Waals surface area contributed by atoms with E-state index < -0.39 is 0 Å². The predicted molar refractivity (Wildman–Crippen MR) is 66.0 cm³/mol. The van der Waals surface area contributed by atoms with Crippen LogP contribution in [-0.2, 0) is 9.47 Å². The SMILES string of the molecule is C=CCCCC#CCCOC1CCCCO1. The van der Waals surface area contributed by atoms with Crippen LogP contribution in [-0.4, -0.2) is 19.5 Å². The van der Waals surface area contributed by atoms with Gasteiger partial charge in [0.05, 0.1) is 6.61 Å². The number of ether oxygens (including phenoxy) is 2.